The lowest BCUT2D eigenvalue weighted by molar-refractivity contribution is -0.118. The number of unbranched alkanes of at least 4 members (excludes halogenated alkanes) is 1. The number of rotatable bonds is 12. The normalized spacial score (nSPS) is 10.0. The number of anilines is 1. The zero-order chi connectivity index (χ0) is 16.0. The summed E-state index contributed by atoms with van der Waals surface area (Å²) in [6.07, 6.45) is 3.50. The van der Waals surface area contributed by atoms with Gasteiger partial charge in [-0.15, -0.1) is 0 Å². The molecule has 0 aliphatic rings. The van der Waals surface area contributed by atoms with E-state index in [1.165, 1.54) is 21.6 Å². The lowest BCUT2D eigenvalue weighted by Crippen LogP contribution is -2.26. The monoisotopic (exact) mass is 340 g/mol. The molecule has 0 radical (unpaired) electrons. The lowest BCUT2D eigenvalue weighted by atomic mass is 10.2. The molecule has 0 spiro atoms. The first-order valence-corrected chi connectivity index (χ1v) is 9.49. The molecule has 1 amide bonds. The van der Waals surface area contributed by atoms with Crippen molar-refractivity contribution in [1.82, 2.24) is 5.32 Å². The zero-order valence-electron chi connectivity index (χ0n) is 12.2. The molecule has 0 fully saturated rings. The molecule has 2 N–H and O–H groups in total. The van der Waals surface area contributed by atoms with Crippen LogP contribution in [0.15, 0.2) is 24.3 Å². The van der Waals surface area contributed by atoms with Crippen molar-refractivity contribution in [2.75, 3.05) is 29.9 Å². The van der Waals surface area contributed by atoms with Crippen molar-refractivity contribution >= 4 is 45.8 Å². The molecule has 0 bridgehead atoms. The van der Waals surface area contributed by atoms with E-state index in [1.807, 2.05) is 12.1 Å². The van der Waals surface area contributed by atoms with Crippen molar-refractivity contribution in [3.05, 3.63) is 29.8 Å². The number of benzene rings is 1. The van der Waals surface area contributed by atoms with Crippen LogP contribution in [0.1, 0.15) is 23.2 Å². The van der Waals surface area contributed by atoms with E-state index in [4.69, 9.17) is 0 Å². The number of aldehydes is 2. The van der Waals surface area contributed by atoms with Gasteiger partial charge in [-0.1, -0.05) is 21.6 Å². The molecule has 0 aliphatic heterocycles. The van der Waals surface area contributed by atoms with Crippen LogP contribution in [0.3, 0.4) is 0 Å². The van der Waals surface area contributed by atoms with E-state index in [1.54, 1.807) is 12.1 Å². The van der Waals surface area contributed by atoms with E-state index in [0.717, 1.165) is 37.6 Å². The lowest BCUT2D eigenvalue weighted by Gasteiger charge is -2.07. The van der Waals surface area contributed by atoms with Gasteiger partial charge >= 0.3 is 0 Å². The molecule has 0 aliphatic carbocycles. The minimum atomic E-state index is 0.000750. The minimum Gasteiger partial charge on any atom is -0.385 e. The molecule has 0 saturated carbocycles. The summed E-state index contributed by atoms with van der Waals surface area (Å²) in [7, 11) is 2.78. The van der Waals surface area contributed by atoms with Gasteiger partial charge in [0.05, 0.1) is 11.5 Å². The molecule has 0 aromatic heterocycles. The van der Waals surface area contributed by atoms with Gasteiger partial charge in [-0.05, 0) is 37.1 Å². The molecule has 5 nitrogen and oxygen atoms in total. The molecule has 0 saturated heterocycles. The third kappa shape index (κ3) is 8.74. The van der Waals surface area contributed by atoms with Gasteiger partial charge in [0.2, 0.25) is 5.91 Å². The summed E-state index contributed by atoms with van der Waals surface area (Å²) in [6, 6.07) is 7.30. The Labute approximate surface area is 138 Å². The smallest absolute Gasteiger partial charge is 0.230 e. The fourth-order valence-electron chi connectivity index (χ4n) is 1.61. The first kappa shape index (κ1) is 18.6. The Morgan fingerprint density at radius 1 is 1.05 bits per heavy atom. The van der Waals surface area contributed by atoms with Crippen LogP contribution in [-0.4, -0.2) is 43.1 Å². The average Bonchev–Trinajstić information content (AvgIpc) is 2.55. The van der Waals surface area contributed by atoms with E-state index in [9.17, 15) is 14.4 Å². The van der Waals surface area contributed by atoms with Crippen LogP contribution < -0.4 is 10.6 Å². The number of carbonyl (C=O) groups excluding carboxylic acids is 3. The quantitative estimate of drug-likeness (QED) is 0.346. The summed E-state index contributed by atoms with van der Waals surface area (Å²) in [6.45, 7) is 1.48. The molecule has 0 atom stereocenters. The van der Waals surface area contributed by atoms with Crippen LogP contribution in [0.2, 0.25) is 0 Å². The highest BCUT2D eigenvalue weighted by Crippen LogP contribution is 2.18. The maximum Gasteiger partial charge on any atom is 0.230 e. The van der Waals surface area contributed by atoms with Crippen molar-refractivity contribution in [1.29, 1.82) is 0 Å². The minimum absolute atomic E-state index is 0.000750. The third-order valence-electron chi connectivity index (χ3n) is 2.71. The van der Waals surface area contributed by atoms with Gasteiger partial charge in [0.1, 0.15) is 12.6 Å². The van der Waals surface area contributed by atoms with Gasteiger partial charge in [-0.3, -0.25) is 9.59 Å². The van der Waals surface area contributed by atoms with Crippen LogP contribution >= 0.6 is 21.6 Å². The standard InChI is InChI=1S/C15H20N2O3S2/c18-9-10-21-22-12-15(20)17-8-2-1-7-16-14-5-3-13(11-19)4-6-14/h3-6,9,11,16H,1-2,7-8,10,12H2,(H,17,20). The van der Waals surface area contributed by atoms with E-state index in [-0.39, 0.29) is 5.91 Å². The van der Waals surface area contributed by atoms with Gasteiger partial charge in [-0.2, -0.15) is 0 Å². The van der Waals surface area contributed by atoms with Crippen molar-refractivity contribution < 1.29 is 14.4 Å². The molecule has 7 heteroatoms. The summed E-state index contributed by atoms with van der Waals surface area (Å²) in [5.41, 5.74) is 1.65. The second-order valence-electron chi connectivity index (χ2n) is 4.44. The van der Waals surface area contributed by atoms with Gasteiger partial charge in [0, 0.05) is 24.3 Å². The molecule has 120 valence electrons. The van der Waals surface area contributed by atoms with E-state index >= 15 is 0 Å². The Balaban J connectivity index is 1.99. The van der Waals surface area contributed by atoms with Crippen LogP contribution in [0.4, 0.5) is 5.69 Å². The van der Waals surface area contributed by atoms with Crippen LogP contribution in [0, 0.1) is 0 Å². The highest BCUT2D eigenvalue weighted by atomic mass is 33.1. The molecule has 22 heavy (non-hydrogen) atoms. The van der Waals surface area contributed by atoms with Gasteiger partial charge in [0.25, 0.3) is 0 Å². The zero-order valence-corrected chi connectivity index (χ0v) is 13.9. The fourth-order valence-corrected chi connectivity index (χ4v) is 3.08. The summed E-state index contributed by atoms with van der Waals surface area (Å²) in [5.74, 6) is 0.790. The van der Waals surface area contributed by atoms with Crippen molar-refractivity contribution in [3.8, 4) is 0 Å². The number of amides is 1. The van der Waals surface area contributed by atoms with Crippen molar-refractivity contribution in [2.24, 2.45) is 0 Å². The molecule has 1 aromatic rings. The summed E-state index contributed by atoms with van der Waals surface area (Å²) in [5, 5.41) is 6.11. The summed E-state index contributed by atoms with van der Waals surface area (Å²) < 4.78 is 0. The number of nitrogens with one attached hydrogen (secondary N) is 2. The van der Waals surface area contributed by atoms with E-state index in [2.05, 4.69) is 10.6 Å². The van der Waals surface area contributed by atoms with Gasteiger partial charge in [-0.25, -0.2) is 0 Å². The maximum absolute atomic E-state index is 11.4. The van der Waals surface area contributed by atoms with E-state index < -0.39 is 0 Å². The van der Waals surface area contributed by atoms with E-state index in [0.29, 0.717) is 23.6 Å². The van der Waals surface area contributed by atoms with Gasteiger partial charge in [0.15, 0.2) is 0 Å². The largest absolute Gasteiger partial charge is 0.385 e. The predicted octanol–water partition coefficient (Wildman–Crippen LogP) is 2.39. The SMILES string of the molecule is O=CCSSCC(=O)NCCCCNc1ccc(C=O)cc1. The second kappa shape index (κ2) is 12.1. The predicted molar refractivity (Wildman–Crippen MR) is 93.5 cm³/mol. The summed E-state index contributed by atoms with van der Waals surface area (Å²) >= 11 is 0. The second-order valence-corrected chi connectivity index (χ2v) is 6.94. The molecule has 0 unspecified atom stereocenters. The molecule has 1 rings (SSSR count). The van der Waals surface area contributed by atoms with Gasteiger partial charge < -0.3 is 15.4 Å². The fraction of sp³-hybridized carbons (Fsp3) is 0.400. The number of carbonyl (C=O) groups is 3. The molecule has 0 heterocycles. The maximum atomic E-state index is 11.4. The van der Waals surface area contributed by atoms with Crippen LogP contribution in [-0.2, 0) is 9.59 Å². The number of hydrogen-bond acceptors (Lipinski definition) is 6. The Hall–Kier alpha value is -1.47. The highest BCUT2D eigenvalue weighted by molar-refractivity contribution is 8.77. The molecular formula is C15H20N2O3S2. The first-order valence-electron chi connectivity index (χ1n) is 7.00. The Bertz CT molecular complexity index is 466. The summed E-state index contributed by atoms with van der Waals surface area (Å²) in [4.78, 5) is 32.1. The Morgan fingerprint density at radius 2 is 1.77 bits per heavy atom. The number of hydrogen-bond donors (Lipinski definition) is 2. The van der Waals surface area contributed by atoms with Crippen molar-refractivity contribution in [3.63, 3.8) is 0 Å². The van der Waals surface area contributed by atoms with Crippen molar-refractivity contribution in [2.45, 2.75) is 12.8 Å². The van der Waals surface area contributed by atoms with Crippen LogP contribution in [0.5, 0.6) is 0 Å². The Kier molecular flexibility index (Phi) is 10.2. The molecular weight excluding hydrogens is 320 g/mol. The topological polar surface area (TPSA) is 75.3 Å². The van der Waals surface area contributed by atoms with Crippen LogP contribution in [0.25, 0.3) is 0 Å². The highest BCUT2D eigenvalue weighted by Gasteiger charge is 2.00. The Morgan fingerprint density at radius 3 is 2.45 bits per heavy atom. The first-order chi connectivity index (χ1) is 10.8. The third-order valence-corrected chi connectivity index (χ3v) is 4.79. The average molecular weight is 340 g/mol. The molecule has 1 aromatic carbocycles.